The van der Waals surface area contributed by atoms with E-state index in [1.165, 1.54) is 76.6 Å². The smallest absolute Gasteiger partial charge is 0.160 e. The van der Waals surface area contributed by atoms with Gasteiger partial charge in [0, 0.05) is 54.3 Å². The van der Waals surface area contributed by atoms with Gasteiger partial charge in [0.1, 0.15) is 11.5 Å². The van der Waals surface area contributed by atoms with Crippen molar-refractivity contribution in [3.63, 3.8) is 0 Å². The predicted octanol–water partition coefficient (Wildman–Crippen LogP) is 23.6. The fourth-order valence-corrected chi connectivity index (χ4v) is 18.0. The van der Waals surface area contributed by atoms with E-state index in [1.807, 2.05) is 36.0 Å². The highest BCUT2D eigenvalue weighted by molar-refractivity contribution is 7.99. The molecule has 2 atom stereocenters. The lowest BCUT2D eigenvalue weighted by Crippen LogP contribution is -2.32. The van der Waals surface area contributed by atoms with Gasteiger partial charge < -0.3 is 4.74 Å². The van der Waals surface area contributed by atoms with Crippen molar-refractivity contribution in [2.24, 2.45) is 0 Å². The van der Waals surface area contributed by atoms with E-state index in [4.69, 9.17) is 24.7 Å². The van der Waals surface area contributed by atoms with E-state index in [0.717, 1.165) is 101 Å². The first-order valence-electron chi connectivity index (χ1n) is 34.1. The van der Waals surface area contributed by atoms with Crippen molar-refractivity contribution >= 4 is 11.8 Å². The van der Waals surface area contributed by atoms with Crippen LogP contribution in [0.25, 0.3) is 123 Å². The second-order valence-corrected chi connectivity index (χ2v) is 27.2. The molecule has 5 nitrogen and oxygen atoms in total. The topological polar surface area (TPSA) is 60.8 Å². The SMILES string of the molecule is c1ccc(-c2cccc(-c3cc(-c4cccc5c4Oc4ccccc4C54c5ccccc5-c5c(-c6cccc7c6Sc6ccccc6C76c7ccccc7-c7c(-c8cc(-c9cccc(-c%10ccccc%10)c9)nc(-c9ccccc9)n8)cccc76)cccc54)nc(-c4ccccc4)n3)c2)cc1. The maximum atomic E-state index is 7.42. The molecule has 14 aromatic carbocycles. The first kappa shape index (κ1) is 57.6. The Bertz CT molecular complexity index is 6000. The van der Waals surface area contributed by atoms with E-state index in [9.17, 15) is 0 Å². The van der Waals surface area contributed by atoms with Gasteiger partial charge in [-0.25, -0.2) is 19.9 Å². The summed E-state index contributed by atoms with van der Waals surface area (Å²) in [4.78, 5) is 24.2. The van der Waals surface area contributed by atoms with E-state index >= 15 is 0 Å². The number of fused-ring (bicyclic) bond motifs is 18. The van der Waals surface area contributed by atoms with Crippen molar-refractivity contribution in [3.05, 3.63) is 396 Å². The van der Waals surface area contributed by atoms with Gasteiger partial charge in [0.05, 0.1) is 33.6 Å². The summed E-state index contributed by atoms with van der Waals surface area (Å²) in [6, 6.07) is 127. The Kier molecular flexibility index (Phi) is 13.3. The number of benzene rings is 14. The van der Waals surface area contributed by atoms with E-state index < -0.39 is 10.8 Å². The Hall–Kier alpha value is -12.6. The zero-order valence-corrected chi connectivity index (χ0v) is 54.9. The molecule has 466 valence electrons. The summed E-state index contributed by atoms with van der Waals surface area (Å²) < 4.78 is 7.42. The minimum absolute atomic E-state index is 0.639. The lowest BCUT2D eigenvalue weighted by molar-refractivity contribution is 0.438. The summed E-state index contributed by atoms with van der Waals surface area (Å²) in [6.07, 6.45) is 0. The minimum atomic E-state index is -0.800. The quantitative estimate of drug-likeness (QED) is 0.144. The van der Waals surface area contributed by atoms with Crippen molar-refractivity contribution in [1.29, 1.82) is 0 Å². The maximum absolute atomic E-state index is 7.42. The highest BCUT2D eigenvalue weighted by Crippen LogP contribution is 2.68. The monoisotopic (exact) mass is 1290 g/mol. The number of nitrogens with zero attached hydrogens (tertiary/aromatic N) is 4. The van der Waals surface area contributed by atoms with E-state index in [2.05, 4.69) is 328 Å². The van der Waals surface area contributed by atoms with Crippen LogP contribution in [0, 0.1) is 0 Å². The average molecular weight is 1290 g/mol. The Morgan fingerprint density at radius 2 is 0.600 bits per heavy atom. The van der Waals surface area contributed by atoms with Gasteiger partial charge in [-0.05, 0) is 131 Å². The minimum Gasteiger partial charge on any atom is -0.456 e. The van der Waals surface area contributed by atoms with Crippen LogP contribution in [-0.2, 0) is 10.8 Å². The van der Waals surface area contributed by atoms with Crippen molar-refractivity contribution in [3.8, 4) is 135 Å². The van der Waals surface area contributed by atoms with Crippen LogP contribution < -0.4 is 4.74 Å². The van der Waals surface area contributed by atoms with Crippen molar-refractivity contribution in [2.75, 3.05) is 0 Å². The summed E-state index contributed by atoms with van der Waals surface area (Å²) in [6.45, 7) is 0. The molecule has 0 bridgehead atoms. The Morgan fingerprint density at radius 3 is 1.18 bits per heavy atom. The molecule has 0 saturated heterocycles. The molecule has 2 spiro atoms. The normalized spacial score (nSPS) is 15.3. The Morgan fingerprint density at radius 1 is 0.230 bits per heavy atom. The van der Waals surface area contributed by atoms with Crippen molar-refractivity contribution < 1.29 is 4.74 Å². The van der Waals surface area contributed by atoms with Crippen LogP contribution in [0.4, 0.5) is 0 Å². The van der Waals surface area contributed by atoms with Crippen LogP contribution >= 0.6 is 11.8 Å². The van der Waals surface area contributed by atoms with Gasteiger partial charge >= 0.3 is 0 Å². The predicted molar refractivity (Wildman–Crippen MR) is 405 cm³/mol. The van der Waals surface area contributed by atoms with Gasteiger partial charge in [0.15, 0.2) is 11.6 Å². The van der Waals surface area contributed by atoms with Crippen LogP contribution in [-0.4, -0.2) is 19.9 Å². The number of hydrogen-bond donors (Lipinski definition) is 0. The molecule has 4 aliphatic rings. The number of aromatic nitrogens is 4. The summed E-state index contributed by atoms with van der Waals surface area (Å²) >= 11 is 1.89. The van der Waals surface area contributed by atoms with Crippen LogP contribution in [0.3, 0.4) is 0 Å². The molecular formula is C94H58N4OS. The van der Waals surface area contributed by atoms with E-state index in [0.29, 0.717) is 11.6 Å². The second-order valence-electron chi connectivity index (χ2n) is 26.2. The highest BCUT2D eigenvalue weighted by atomic mass is 32.2. The van der Waals surface area contributed by atoms with E-state index in [1.54, 1.807) is 0 Å². The third kappa shape index (κ3) is 8.77. The largest absolute Gasteiger partial charge is 0.456 e. The molecule has 2 unspecified atom stereocenters. The molecule has 2 aliphatic heterocycles. The molecule has 100 heavy (non-hydrogen) atoms. The zero-order chi connectivity index (χ0) is 65.9. The molecule has 0 saturated carbocycles. The summed E-state index contributed by atoms with van der Waals surface area (Å²) in [7, 11) is 0. The molecule has 6 heteroatoms. The molecule has 16 aromatic rings. The fraction of sp³-hybridized carbons (Fsp3) is 0.0213. The maximum Gasteiger partial charge on any atom is 0.160 e. The lowest BCUT2D eigenvalue weighted by Gasteiger charge is -2.41. The molecule has 0 amide bonds. The first-order chi connectivity index (χ1) is 49.6. The molecule has 0 fully saturated rings. The summed E-state index contributed by atoms with van der Waals surface area (Å²) in [5.41, 5.74) is 28.9. The van der Waals surface area contributed by atoms with Gasteiger partial charge in [0.25, 0.3) is 0 Å². The molecule has 2 aliphatic carbocycles. The molecule has 0 N–H and O–H groups in total. The second kappa shape index (κ2) is 23.0. The van der Waals surface area contributed by atoms with Gasteiger partial charge in [-0.2, -0.15) is 0 Å². The van der Waals surface area contributed by atoms with Crippen LogP contribution in [0.2, 0.25) is 0 Å². The summed E-state index contributed by atoms with van der Waals surface area (Å²) in [5, 5.41) is 0. The molecule has 20 rings (SSSR count). The van der Waals surface area contributed by atoms with Gasteiger partial charge in [0.2, 0.25) is 0 Å². The standard InChI is InChI=1S/C94H58N4OS/c1-5-27-59(28-6-1)63-35-21-37-65(55-63)81-57-83(97-91(95-81)61-31-9-3-10-32-61)71-43-25-50-78-88(71)70-40-14-16-46-74(70)94(78)76-48-18-20-54-86(76)100-90-68(42-24-52-80(90)94)67-41-23-49-77-87(67)69-39-13-15-45-73(69)93(77)75-47-17-19-53-85(75)99-89-72(44-26-51-79(89)93)84-58-82(96-92(98-84)62-33-11-4-12-34-62)66-38-22-36-64(56-66)60-29-7-2-8-30-60/h1-58H. The third-order valence-corrected chi connectivity index (χ3v) is 22.1. The fourth-order valence-electron chi connectivity index (χ4n) is 16.7. The van der Waals surface area contributed by atoms with Crippen LogP contribution in [0.15, 0.2) is 362 Å². The Balaban J connectivity index is 0.781. The molecular weight excluding hydrogens is 1230 g/mol. The summed E-state index contributed by atoms with van der Waals surface area (Å²) in [5.74, 6) is 2.89. The van der Waals surface area contributed by atoms with E-state index in [-0.39, 0.29) is 0 Å². The number of para-hydroxylation sites is 2. The number of rotatable bonds is 9. The molecule has 0 radical (unpaired) electrons. The first-order valence-corrected chi connectivity index (χ1v) is 34.9. The van der Waals surface area contributed by atoms with Gasteiger partial charge in [-0.1, -0.05) is 321 Å². The molecule has 4 heterocycles. The number of hydrogen-bond acceptors (Lipinski definition) is 6. The van der Waals surface area contributed by atoms with Gasteiger partial charge in [-0.15, -0.1) is 0 Å². The highest BCUT2D eigenvalue weighted by Gasteiger charge is 2.54. The Labute approximate surface area is 584 Å². The number of ether oxygens (including phenoxy) is 1. The average Bonchev–Trinajstić information content (AvgIpc) is 1.49. The third-order valence-electron chi connectivity index (χ3n) is 20.9. The molecule has 2 aromatic heterocycles. The van der Waals surface area contributed by atoms with Crippen LogP contribution in [0.1, 0.15) is 44.5 Å². The van der Waals surface area contributed by atoms with Crippen molar-refractivity contribution in [2.45, 2.75) is 20.6 Å². The van der Waals surface area contributed by atoms with Gasteiger partial charge in [-0.3, -0.25) is 0 Å². The van der Waals surface area contributed by atoms with Crippen LogP contribution in [0.5, 0.6) is 11.5 Å². The zero-order valence-electron chi connectivity index (χ0n) is 54.1. The van der Waals surface area contributed by atoms with Crippen molar-refractivity contribution in [1.82, 2.24) is 19.9 Å². The lowest BCUT2D eigenvalue weighted by atomic mass is 9.65.